The van der Waals surface area contributed by atoms with Crippen molar-refractivity contribution in [2.24, 2.45) is 0 Å². The molecule has 56 heavy (non-hydrogen) atoms. The van der Waals surface area contributed by atoms with E-state index < -0.39 is 18.2 Å². The van der Waals surface area contributed by atoms with Gasteiger partial charge >= 0.3 is 0 Å². The lowest BCUT2D eigenvalue weighted by atomic mass is 10.0. The fraction of sp³-hybridized carbons (Fsp3) is 0.863. The molecule has 0 aromatic rings. The highest BCUT2D eigenvalue weighted by molar-refractivity contribution is 5.76. The van der Waals surface area contributed by atoms with Gasteiger partial charge in [0.15, 0.2) is 0 Å². The van der Waals surface area contributed by atoms with Crippen LogP contribution < -0.4 is 5.32 Å². The first kappa shape index (κ1) is 54.6. The SMILES string of the molecule is CCCCCCCCCC/C=C/CC/C=C/CCCC(O)C(O)C(CO)NC(=O)CCCCCCCCCCC/C=C\CCCCCCCCCCCCCC. The van der Waals surface area contributed by atoms with E-state index in [0.717, 1.165) is 44.9 Å². The largest absolute Gasteiger partial charge is 0.394 e. The topological polar surface area (TPSA) is 89.8 Å². The standard InChI is InChI=1S/C51H97NO4/c1-3-5-7-9-11-13-15-17-19-21-22-23-24-25-26-27-28-30-32-34-36-38-40-42-44-46-50(55)52-48(47-53)51(56)49(54)45-43-41-39-37-35-33-31-29-20-18-16-14-12-10-8-6-4-2/h25-26,29,31,37,39,48-49,51,53-54,56H,3-24,27-28,30,32-36,38,40-47H2,1-2H3,(H,52,55)/b26-25-,31-29+,39-37+. The Hall–Kier alpha value is -1.43. The molecule has 0 heterocycles. The van der Waals surface area contributed by atoms with E-state index in [1.54, 1.807) is 0 Å². The van der Waals surface area contributed by atoms with Crippen molar-refractivity contribution in [3.63, 3.8) is 0 Å². The number of carbonyl (C=O) groups excluding carboxylic acids is 1. The van der Waals surface area contributed by atoms with Crippen molar-refractivity contribution in [1.82, 2.24) is 5.32 Å². The third-order valence-electron chi connectivity index (χ3n) is 11.4. The molecule has 3 atom stereocenters. The summed E-state index contributed by atoms with van der Waals surface area (Å²) in [7, 11) is 0. The van der Waals surface area contributed by atoms with Gasteiger partial charge in [-0.15, -0.1) is 0 Å². The number of hydrogen-bond acceptors (Lipinski definition) is 4. The molecule has 0 aliphatic carbocycles. The molecule has 0 aromatic carbocycles. The average Bonchev–Trinajstić information content (AvgIpc) is 3.20. The summed E-state index contributed by atoms with van der Waals surface area (Å²) < 4.78 is 0. The first-order valence-electron chi connectivity index (χ1n) is 24.8. The Labute approximate surface area is 349 Å². The maximum Gasteiger partial charge on any atom is 0.220 e. The third-order valence-corrected chi connectivity index (χ3v) is 11.4. The highest BCUT2D eigenvalue weighted by Crippen LogP contribution is 2.15. The predicted molar refractivity (Wildman–Crippen MR) is 245 cm³/mol. The maximum absolute atomic E-state index is 12.5. The van der Waals surface area contributed by atoms with Crippen LogP contribution in [0.5, 0.6) is 0 Å². The van der Waals surface area contributed by atoms with Gasteiger partial charge in [-0.2, -0.15) is 0 Å². The van der Waals surface area contributed by atoms with Gasteiger partial charge in [-0.3, -0.25) is 4.79 Å². The van der Waals surface area contributed by atoms with Crippen LogP contribution in [0.15, 0.2) is 36.5 Å². The van der Waals surface area contributed by atoms with Crippen LogP contribution in [0.3, 0.4) is 0 Å². The van der Waals surface area contributed by atoms with Gasteiger partial charge in [0.1, 0.15) is 6.10 Å². The zero-order chi connectivity index (χ0) is 40.8. The number of carbonyl (C=O) groups is 1. The molecule has 0 aromatic heterocycles. The van der Waals surface area contributed by atoms with E-state index >= 15 is 0 Å². The third kappa shape index (κ3) is 40.8. The Balaban J connectivity index is 3.63. The van der Waals surface area contributed by atoms with Gasteiger partial charge in [0, 0.05) is 6.42 Å². The highest BCUT2D eigenvalue weighted by Gasteiger charge is 2.26. The van der Waals surface area contributed by atoms with Crippen molar-refractivity contribution in [1.29, 1.82) is 0 Å². The predicted octanol–water partition coefficient (Wildman–Crippen LogP) is 14.7. The maximum atomic E-state index is 12.5. The first-order chi connectivity index (χ1) is 27.6. The normalized spacial score (nSPS) is 13.7. The number of nitrogens with one attached hydrogen (secondary N) is 1. The van der Waals surface area contributed by atoms with Crippen LogP contribution in [0.1, 0.15) is 258 Å². The number of aliphatic hydroxyl groups is 3. The van der Waals surface area contributed by atoms with E-state index in [4.69, 9.17) is 0 Å². The van der Waals surface area contributed by atoms with Crippen molar-refractivity contribution in [3.8, 4) is 0 Å². The van der Waals surface area contributed by atoms with Crippen LogP contribution in [0.2, 0.25) is 0 Å². The van der Waals surface area contributed by atoms with Crippen molar-refractivity contribution in [2.75, 3.05) is 6.61 Å². The number of aliphatic hydroxyl groups excluding tert-OH is 3. The van der Waals surface area contributed by atoms with Crippen molar-refractivity contribution in [2.45, 2.75) is 276 Å². The zero-order valence-corrected chi connectivity index (χ0v) is 37.5. The highest BCUT2D eigenvalue weighted by atomic mass is 16.3. The Morgan fingerprint density at radius 3 is 1.09 bits per heavy atom. The summed E-state index contributed by atoms with van der Waals surface area (Å²) in [6.07, 6.45) is 58.4. The Morgan fingerprint density at radius 2 is 0.732 bits per heavy atom. The van der Waals surface area contributed by atoms with Crippen molar-refractivity contribution >= 4 is 5.91 Å². The van der Waals surface area contributed by atoms with E-state index in [-0.39, 0.29) is 12.5 Å². The minimum absolute atomic E-state index is 0.159. The number of hydrogen-bond donors (Lipinski definition) is 4. The van der Waals surface area contributed by atoms with E-state index in [1.807, 2.05) is 0 Å². The molecule has 0 saturated carbocycles. The minimum Gasteiger partial charge on any atom is -0.394 e. The lowest BCUT2D eigenvalue weighted by molar-refractivity contribution is -0.124. The summed E-state index contributed by atoms with van der Waals surface area (Å²) in [6, 6.07) is -0.833. The number of allylic oxidation sites excluding steroid dienone is 6. The summed E-state index contributed by atoms with van der Waals surface area (Å²) >= 11 is 0. The second-order valence-electron chi connectivity index (χ2n) is 17.0. The molecule has 1 amide bonds. The van der Waals surface area contributed by atoms with Gasteiger partial charge in [0.05, 0.1) is 18.8 Å². The molecule has 0 spiro atoms. The molecule has 0 fully saturated rings. The van der Waals surface area contributed by atoms with Gasteiger partial charge in [0.25, 0.3) is 0 Å². The summed E-state index contributed by atoms with van der Waals surface area (Å²) in [5.74, 6) is -0.159. The van der Waals surface area contributed by atoms with Crippen LogP contribution >= 0.6 is 0 Å². The van der Waals surface area contributed by atoms with Crippen LogP contribution in [-0.4, -0.2) is 46.1 Å². The molecule has 0 aliphatic rings. The van der Waals surface area contributed by atoms with Crippen molar-refractivity contribution in [3.05, 3.63) is 36.5 Å². The molecule has 330 valence electrons. The second-order valence-corrected chi connectivity index (χ2v) is 17.0. The Bertz CT molecular complexity index is 870. The average molecular weight is 788 g/mol. The molecule has 0 aliphatic heterocycles. The number of unbranched alkanes of at least 4 members (excludes halogenated alkanes) is 31. The molecule has 5 heteroatoms. The van der Waals surface area contributed by atoms with E-state index in [9.17, 15) is 20.1 Å². The van der Waals surface area contributed by atoms with Gasteiger partial charge in [-0.25, -0.2) is 0 Å². The van der Waals surface area contributed by atoms with E-state index in [2.05, 4.69) is 55.6 Å². The van der Waals surface area contributed by atoms with Crippen LogP contribution in [-0.2, 0) is 4.79 Å². The summed E-state index contributed by atoms with van der Waals surface area (Å²) in [5.41, 5.74) is 0. The molecule has 4 N–H and O–H groups in total. The van der Waals surface area contributed by atoms with E-state index in [1.165, 1.54) is 186 Å². The van der Waals surface area contributed by atoms with Crippen LogP contribution in [0.4, 0.5) is 0 Å². The Morgan fingerprint density at radius 1 is 0.429 bits per heavy atom. The van der Waals surface area contributed by atoms with Gasteiger partial charge in [0.2, 0.25) is 5.91 Å². The molecule has 0 rings (SSSR count). The van der Waals surface area contributed by atoms with Gasteiger partial charge < -0.3 is 20.6 Å². The second kappa shape index (κ2) is 46.3. The first-order valence-corrected chi connectivity index (χ1v) is 24.8. The monoisotopic (exact) mass is 788 g/mol. The van der Waals surface area contributed by atoms with Crippen LogP contribution in [0.25, 0.3) is 0 Å². The van der Waals surface area contributed by atoms with Gasteiger partial charge in [-0.05, 0) is 77.0 Å². The lowest BCUT2D eigenvalue weighted by Gasteiger charge is -2.26. The zero-order valence-electron chi connectivity index (χ0n) is 37.5. The molecule has 0 radical (unpaired) electrons. The lowest BCUT2D eigenvalue weighted by Crippen LogP contribution is -2.50. The fourth-order valence-electron chi connectivity index (χ4n) is 7.59. The smallest absolute Gasteiger partial charge is 0.220 e. The number of rotatable bonds is 45. The van der Waals surface area contributed by atoms with E-state index in [0.29, 0.717) is 12.8 Å². The molecule has 0 bridgehead atoms. The summed E-state index contributed by atoms with van der Waals surface area (Å²) in [5, 5.41) is 33.6. The van der Waals surface area contributed by atoms with Gasteiger partial charge in [-0.1, -0.05) is 211 Å². The molecular weight excluding hydrogens is 691 g/mol. The fourth-order valence-corrected chi connectivity index (χ4v) is 7.59. The molecule has 5 nitrogen and oxygen atoms in total. The van der Waals surface area contributed by atoms with Crippen LogP contribution in [0, 0.1) is 0 Å². The van der Waals surface area contributed by atoms with Crippen molar-refractivity contribution < 1.29 is 20.1 Å². The quantitative estimate of drug-likeness (QED) is 0.0365. The Kier molecular flexibility index (Phi) is 45.1. The molecule has 3 unspecified atom stereocenters. The number of amides is 1. The summed E-state index contributed by atoms with van der Waals surface area (Å²) in [6.45, 7) is 4.17. The molecule has 0 saturated heterocycles. The summed E-state index contributed by atoms with van der Waals surface area (Å²) in [4.78, 5) is 12.5. The minimum atomic E-state index is -1.17. The molecular formula is C51H97NO4.